The number of nitrogens with zero attached hydrogens (tertiary/aromatic N) is 3. The van der Waals surface area contributed by atoms with Crippen molar-refractivity contribution in [2.45, 2.75) is 25.1 Å². The maximum absolute atomic E-state index is 11.7. The van der Waals surface area contributed by atoms with E-state index in [0.29, 0.717) is 33.8 Å². The molecule has 0 aliphatic heterocycles. The summed E-state index contributed by atoms with van der Waals surface area (Å²) in [4.78, 5) is 11.7. The SMILES string of the molecule is COc1cc(-c2nnc(SCC(=O)OC(C)C)n2N)cc(OC)c1OC. The standard InChI is InChI=1S/C16H22N4O5S/c1-9(2)25-13(21)8-26-16-19-18-15(20(16)17)10-6-11(22-3)14(24-5)12(7-10)23-4/h6-7,9H,8,17H2,1-5H3. The van der Waals surface area contributed by atoms with Crippen LogP contribution in [0.3, 0.4) is 0 Å². The number of ether oxygens (including phenoxy) is 4. The van der Waals surface area contributed by atoms with E-state index in [2.05, 4.69) is 10.2 Å². The van der Waals surface area contributed by atoms with Gasteiger partial charge in [0.2, 0.25) is 10.9 Å². The number of rotatable bonds is 8. The summed E-state index contributed by atoms with van der Waals surface area (Å²) in [7, 11) is 4.57. The van der Waals surface area contributed by atoms with Gasteiger partial charge in [0.1, 0.15) is 0 Å². The molecule has 26 heavy (non-hydrogen) atoms. The molecular weight excluding hydrogens is 360 g/mol. The topological polar surface area (TPSA) is 111 Å². The van der Waals surface area contributed by atoms with Crippen molar-refractivity contribution in [3.63, 3.8) is 0 Å². The molecule has 10 heteroatoms. The predicted molar refractivity (Wildman–Crippen MR) is 97.2 cm³/mol. The van der Waals surface area contributed by atoms with Crippen molar-refractivity contribution < 1.29 is 23.7 Å². The lowest BCUT2D eigenvalue weighted by Gasteiger charge is -2.13. The molecule has 0 unspecified atom stereocenters. The minimum absolute atomic E-state index is 0.0861. The molecule has 2 N–H and O–H groups in total. The number of carbonyl (C=O) groups is 1. The van der Waals surface area contributed by atoms with Crippen LogP contribution in [0.25, 0.3) is 11.4 Å². The number of thioether (sulfide) groups is 1. The average Bonchev–Trinajstić information content (AvgIpc) is 2.98. The Bertz CT molecular complexity index is 753. The fraction of sp³-hybridized carbons (Fsp3) is 0.438. The molecule has 2 rings (SSSR count). The maximum Gasteiger partial charge on any atom is 0.316 e. The van der Waals surface area contributed by atoms with Gasteiger partial charge in [-0.2, -0.15) is 0 Å². The first-order valence-corrected chi connectivity index (χ1v) is 8.73. The quantitative estimate of drug-likeness (QED) is 0.414. The number of nitrogens with two attached hydrogens (primary N) is 1. The minimum atomic E-state index is -0.345. The van der Waals surface area contributed by atoms with E-state index < -0.39 is 0 Å². The largest absolute Gasteiger partial charge is 0.493 e. The molecule has 0 bridgehead atoms. The molecule has 0 atom stereocenters. The number of esters is 1. The van der Waals surface area contributed by atoms with Crippen LogP contribution in [0, 0.1) is 0 Å². The predicted octanol–water partition coefficient (Wildman–Crippen LogP) is 1.73. The van der Waals surface area contributed by atoms with Gasteiger partial charge in [-0.05, 0) is 26.0 Å². The lowest BCUT2D eigenvalue weighted by molar-refractivity contribution is -0.144. The molecule has 142 valence electrons. The van der Waals surface area contributed by atoms with Crippen LogP contribution in [0.4, 0.5) is 0 Å². The molecule has 1 aromatic heterocycles. The molecule has 0 saturated heterocycles. The molecule has 0 aliphatic rings. The first-order chi connectivity index (χ1) is 12.4. The summed E-state index contributed by atoms with van der Waals surface area (Å²) in [6.07, 6.45) is -0.173. The van der Waals surface area contributed by atoms with Crippen molar-refractivity contribution in [1.82, 2.24) is 14.9 Å². The smallest absolute Gasteiger partial charge is 0.316 e. The fourth-order valence-electron chi connectivity index (χ4n) is 2.20. The van der Waals surface area contributed by atoms with E-state index in [1.165, 1.54) is 26.0 Å². The Morgan fingerprint density at radius 2 is 1.77 bits per heavy atom. The maximum atomic E-state index is 11.7. The molecule has 0 radical (unpaired) electrons. The molecule has 0 spiro atoms. The summed E-state index contributed by atoms with van der Waals surface area (Å²) in [6.45, 7) is 3.58. The number of hydrogen-bond donors (Lipinski definition) is 1. The van der Waals surface area contributed by atoms with Crippen LogP contribution in [0.15, 0.2) is 17.3 Å². The average molecular weight is 382 g/mol. The molecular formula is C16H22N4O5S. The Kier molecular flexibility index (Phi) is 6.56. The molecule has 9 nitrogen and oxygen atoms in total. The van der Waals surface area contributed by atoms with Crippen LogP contribution in [-0.2, 0) is 9.53 Å². The van der Waals surface area contributed by atoms with Gasteiger partial charge in [-0.25, -0.2) is 4.68 Å². The lowest BCUT2D eigenvalue weighted by atomic mass is 10.1. The monoisotopic (exact) mass is 382 g/mol. The van der Waals surface area contributed by atoms with E-state index in [1.54, 1.807) is 26.0 Å². The number of nitrogen functional groups attached to an aromatic ring is 1. The van der Waals surface area contributed by atoms with E-state index >= 15 is 0 Å². The van der Waals surface area contributed by atoms with Gasteiger partial charge in [-0.3, -0.25) is 4.79 Å². The van der Waals surface area contributed by atoms with Gasteiger partial charge in [-0.15, -0.1) is 10.2 Å². The molecule has 0 aliphatic carbocycles. The van der Waals surface area contributed by atoms with Gasteiger partial charge in [0, 0.05) is 5.56 Å². The Morgan fingerprint density at radius 3 is 2.27 bits per heavy atom. The molecule has 2 aromatic rings. The first kappa shape index (κ1) is 19.7. The minimum Gasteiger partial charge on any atom is -0.493 e. The second-order valence-electron chi connectivity index (χ2n) is 5.42. The molecule has 0 fully saturated rings. The van der Waals surface area contributed by atoms with Crippen LogP contribution in [0.5, 0.6) is 17.2 Å². The first-order valence-electron chi connectivity index (χ1n) is 7.74. The van der Waals surface area contributed by atoms with Gasteiger partial charge in [0.05, 0.1) is 33.2 Å². The highest BCUT2D eigenvalue weighted by molar-refractivity contribution is 7.99. The highest BCUT2D eigenvalue weighted by Crippen LogP contribution is 2.40. The summed E-state index contributed by atoms with van der Waals surface area (Å²) in [5.41, 5.74) is 0.631. The summed E-state index contributed by atoms with van der Waals surface area (Å²) in [6, 6.07) is 3.44. The Balaban J connectivity index is 2.28. The van der Waals surface area contributed by atoms with Gasteiger partial charge >= 0.3 is 5.97 Å². The van der Waals surface area contributed by atoms with E-state index in [9.17, 15) is 4.79 Å². The fourth-order valence-corrected chi connectivity index (χ4v) is 2.84. The molecule has 0 amide bonds. The number of benzene rings is 1. The van der Waals surface area contributed by atoms with Crippen molar-refractivity contribution >= 4 is 17.7 Å². The van der Waals surface area contributed by atoms with E-state index in [0.717, 1.165) is 11.8 Å². The highest BCUT2D eigenvalue weighted by Gasteiger charge is 2.19. The van der Waals surface area contributed by atoms with E-state index in [1.807, 2.05) is 0 Å². The Hall–Kier alpha value is -2.62. The van der Waals surface area contributed by atoms with Crippen LogP contribution < -0.4 is 20.1 Å². The van der Waals surface area contributed by atoms with Crippen molar-refractivity contribution in [1.29, 1.82) is 0 Å². The number of methoxy groups -OCH3 is 3. The second kappa shape index (κ2) is 8.65. The summed E-state index contributed by atoms with van der Waals surface area (Å²) >= 11 is 1.14. The van der Waals surface area contributed by atoms with Crippen LogP contribution in [0.2, 0.25) is 0 Å². The second-order valence-corrected chi connectivity index (χ2v) is 6.36. The molecule has 1 heterocycles. The normalized spacial score (nSPS) is 10.7. The molecule has 1 aromatic carbocycles. The number of carbonyl (C=O) groups excluding carboxylic acids is 1. The summed E-state index contributed by atoms with van der Waals surface area (Å²) in [5, 5.41) is 8.51. The van der Waals surface area contributed by atoms with Crippen molar-refractivity contribution in [2.75, 3.05) is 32.9 Å². The molecule has 0 saturated carbocycles. The van der Waals surface area contributed by atoms with E-state index in [4.69, 9.17) is 24.8 Å². The third-order valence-corrected chi connectivity index (χ3v) is 4.19. The number of hydrogen-bond acceptors (Lipinski definition) is 9. The van der Waals surface area contributed by atoms with Crippen molar-refractivity contribution in [3.05, 3.63) is 12.1 Å². The van der Waals surface area contributed by atoms with Gasteiger partial charge in [0.25, 0.3) is 0 Å². The Labute approximate surface area is 155 Å². The van der Waals surface area contributed by atoms with Gasteiger partial charge in [-0.1, -0.05) is 11.8 Å². The third-order valence-electron chi connectivity index (χ3n) is 3.27. The third kappa shape index (κ3) is 4.31. The lowest BCUT2D eigenvalue weighted by Crippen LogP contribution is -2.15. The zero-order valence-corrected chi connectivity index (χ0v) is 16.1. The summed E-state index contributed by atoms with van der Waals surface area (Å²) < 4.78 is 22.4. The highest BCUT2D eigenvalue weighted by atomic mass is 32.2. The van der Waals surface area contributed by atoms with Crippen LogP contribution >= 0.6 is 11.8 Å². The van der Waals surface area contributed by atoms with Gasteiger partial charge < -0.3 is 24.8 Å². The zero-order valence-electron chi connectivity index (χ0n) is 15.3. The van der Waals surface area contributed by atoms with Crippen molar-refractivity contribution in [3.8, 4) is 28.6 Å². The van der Waals surface area contributed by atoms with E-state index in [-0.39, 0.29) is 17.8 Å². The van der Waals surface area contributed by atoms with Crippen molar-refractivity contribution in [2.24, 2.45) is 0 Å². The van der Waals surface area contributed by atoms with Crippen LogP contribution in [-0.4, -0.2) is 54.0 Å². The van der Waals surface area contributed by atoms with Crippen LogP contribution in [0.1, 0.15) is 13.8 Å². The summed E-state index contributed by atoms with van der Waals surface area (Å²) in [5.74, 6) is 7.63. The van der Waals surface area contributed by atoms with Gasteiger partial charge in [0.15, 0.2) is 17.3 Å². The number of aromatic nitrogens is 3. The Morgan fingerprint density at radius 1 is 1.15 bits per heavy atom. The zero-order chi connectivity index (χ0) is 19.3.